The normalized spacial score (nSPS) is 29.1. The average molecular weight is 399 g/mol. The van der Waals surface area contributed by atoms with E-state index in [1.54, 1.807) is 5.01 Å². The number of nitrogens with zero attached hydrogens (tertiary/aromatic N) is 5. The van der Waals surface area contributed by atoms with Crippen LogP contribution in [-0.4, -0.2) is 31.9 Å². The molecule has 1 amide bonds. The maximum atomic E-state index is 13.4. The molecule has 3 fully saturated rings. The third-order valence-electron chi connectivity index (χ3n) is 7.19. The SMILES string of the molecule is Cc1ccc(C2CC=NN2C(=O)C23CC(Cn4ncc5cc(C)ccc54)(C2)C3)nc1. The number of carbonyl (C=O) groups excluding carboxylic acids is 1. The molecule has 152 valence electrons. The molecule has 0 spiro atoms. The molecule has 6 heteroatoms. The summed E-state index contributed by atoms with van der Waals surface area (Å²) in [6.07, 6.45) is 9.21. The van der Waals surface area contributed by atoms with E-state index in [-0.39, 0.29) is 22.8 Å². The largest absolute Gasteiger partial charge is 0.272 e. The first-order chi connectivity index (χ1) is 14.5. The van der Waals surface area contributed by atoms with E-state index in [2.05, 4.69) is 51.1 Å². The summed E-state index contributed by atoms with van der Waals surface area (Å²) in [5.74, 6) is 0.173. The van der Waals surface area contributed by atoms with Crippen LogP contribution >= 0.6 is 0 Å². The molecular formula is C24H25N5O. The Labute approximate surface area is 175 Å². The summed E-state index contributed by atoms with van der Waals surface area (Å²) in [6.45, 7) is 5.02. The number of rotatable bonds is 4. The van der Waals surface area contributed by atoms with E-state index in [1.807, 2.05) is 31.6 Å². The fourth-order valence-corrected chi connectivity index (χ4v) is 5.82. The van der Waals surface area contributed by atoms with Crippen LogP contribution in [0.25, 0.3) is 10.9 Å². The van der Waals surface area contributed by atoms with Crippen LogP contribution in [0.15, 0.2) is 47.8 Å². The molecule has 3 heterocycles. The number of hydrogen-bond acceptors (Lipinski definition) is 4. The second-order valence-electron chi connectivity index (χ2n) is 9.63. The maximum absolute atomic E-state index is 13.4. The molecule has 3 aliphatic carbocycles. The summed E-state index contributed by atoms with van der Waals surface area (Å²) in [4.78, 5) is 17.9. The molecule has 3 aromatic rings. The van der Waals surface area contributed by atoms with Gasteiger partial charge in [0.15, 0.2) is 0 Å². The number of aromatic nitrogens is 3. The predicted octanol–water partition coefficient (Wildman–Crippen LogP) is 4.18. The van der Waals surface area contributed by atoms with Crippen LogP contribution in [0.4, 0.5) is 0 Å². The third-order valence-corrected chi connectivity index (χ3v) is 7.19. The molecule has 0 radical (unpaired) electrons. The molecule has 1 aliphatic heterocycles. The van der Waals surface area contributed by atoms with Crippen molar-refractivity contribution in [3.63, 3.8) is 0 Å². The van der Waals surface area contributed by atoms with Gasteiger partial charge in [-0.05, 0) is 62.3 Å². The van der Waals surface area contributed by atoms with E-state index in [9.17, 15) is 4.79 Å². The standard InChI is InChI=1S/C24H25N5O/c1-16-4-6-20-18(9-16)11-27-28(20)15-23-12-24(13-23,14-23)22(30)29-21(7-8-26-29)19-5-3-17(2)10-25-19/h3-6,8-11,21H,7,12-15H2,1-2H3. The minimum Gasteiger partial charge on any atom is -0.272 e. The highest BCUT2D eigenvalue weighted by molar-refractivity contribution is 5.88. The molecule has 2 aromatic heterocycles. The first-order valence-corrected chi connectivity index (χ1v) is 10.7. The smallest absolute Gasteiger partial charge is 0.249 e. The number of hydrazone groups is 1. The van der Waals surface area contributed by atoms with Gasteiger partial charge in [-0.15, -0.1) is 0 Å². The monoisotopic (exact) mass is 399 g/mol. The van der Waals surface area contributed by atoms with Gasteiger partial charge in [0.25, 0.3) is 0 Å². The highest BCUT2D eigenvalue weighted by Crippen LogP contribution is 2.74. The summed E-state index contributed by atoms with van der Waals surface area (Å²) in [6, 6.07) is 10.5. The second-order valence-corrected chi connectivity index (χ2v) is 9.63. The molecule has 1 unspecified atom stereocenters. The van der Waals surface area contributed by atoms with Crippen molar-refractivity contribution < 1.29 is 4.79 Å². The number of pyridine rings is 1. The fraction of sp³-hybridized carbons (Fsp3) is 0.417. The minimum atomic E-state index is -0.232. The van der Waals surface area contributed by atoms with Crippen molar-refractivity contribution in [3.8, 4) is 0 Å². The van der Waals surface area contributed by atoms with Gasteiger partial charge < -0.3 is 0 Å². The van der Waals surface area contributed by atoms with E-state index in [0.29, 0.717) is 0 Å². The highest BCUT2D eigenvalue weighted by Gasteiger charge is 2.72. The summed E-state index contributed by atoms with van der Waals surface area (Å²) in [7, 11) is 0. The molecule has 0 saturated heterocycles. The van der Waals surface area contributed by atoms with Gasteiger partial charge in [-0.2, -0.15) is 10.2 Å². The Kier molecular flexibility index (Phi) is 3.56. The zero-order valence-electron chi connectivity index (χ0n) is 17.4. The first-order valence-electron chi connectivity index (χ1n) is 10.7. The lowest BCUT2D eigenvalue weighted by molar-refractivity contribution is -0.223. The van der Waals surface area contributed by atoms with Gasteiger partial charge in [0, 0.05) is 30.8 Å². The van der Waals surface area contributed by atoms with Crippen molar-refractivity contribution in [1.82, 2.24) is 19.8 Å². The highest BCUT2D eigenvalue weighted by atomic mass is 16.2. The van der Waals surface area contributed by atoms with Gasteiger partial charge >= 0.3 is 0 Å². The van der Waals surface area contributed by atoms with Crippen LogP contribution in [-0.2, 0) is 11.3 Å². The Morgan fingerprint density at radius 1 is 1.10 bits per heavy atom. The minimum absolute atomic E-state index is 0.0682. The number of benzene rings is 1. The lowest BCUT2D eigenvalue weighted by Gasteiger charge is -2.69. The number of hydrogen-bond donors (Lipinski definition) is 0. The topological polar surface area (TPSA) is 63.4 Å². The van der Waals surface area contributed by atoms with Crippen molar-refractivity contribution in [2.45, 2.75) is 52.1 Å². The summed E-state index contributed by atoms with van der Waals surface area (Å²) < 4.78 is 2.12. The lowest BCUT2D eigenvalue weighted by atomic mass is 9.34. The van der Waals surface area contributed by atoms with Crippen molar-refractivity contribution in [3.05, 3.63) is 59.5 Å². The molecule has 1 aromatic carbocycles. The Morgan fingerprint density at radius 2 is 1.90 bits per heavy atom. The van der Waals surface area contributed by atoms with Gasteiger partial charge in [0.1, 0.15) is 6.04 Å². The number of amides is 1. The molecule has 0 N–H and O–H groups in total. The van der Waals surface area contributed by atoms with Crippen LogP contribution in [0, 0.1) is 24.7 Å². The summed E-state index contributed by atoms with van der Waals surface area (Å²) >= 11 is 0. The summed E-state index contributed by atoms with van der Waals surface area (Å²) in [5.41, 5.74) is 4.45. The summed E-state index contributed by atoms with van der Waals surface area (Å²) in [5, 5.41) is 11.9. The lowest BCUT2D eigenvalue weighted by Crippen LogP contribution is -2.68. The molecule has 1 atom stereocenters. The molecule has 4 aliphatic rings. The van der Waals surface area contributed by atoms with Crippen molar-refractivity contribution in [2.75, 3.05) is 0 Å². The van der Waals surface area contributed by atoms with Crippen LogP contribution in [0.3, 0.4) is 0 Å². The van der Waals surface area contributed by atoms with Crippen LogP contribution in [0.1, 0.15) is 48.5 Å². The van der Waals surface area contributed by atoms with Crippen LogP contribution in [0.5, 0.6) is 0 Å². The molecule has 2 bridgehead atoms. The van der Waals surface area contributed by atoms with E-state index in [0.717, 1.165) is 43.5 Å². The van der Waals surface area contributed by atoms with E-state index in [1.165, 1.54) is 16.5 Å². The molecular weight excluding hydrogens is 374 g/mol. The zero-order valence-corrected chi connectivity index (χ0v) is 17.4. The number of aryl methyl sites for hydroxylation is 2. The molecule has 30 heavy (non-hydrogen) atoms. The van der Waals surface area contributed by atoms with Crippen LogP contribution in [0.2, 0.25) is 0 Å². The third kappa shape index (κ3) is 2.49. The van der Waals surface area contributed by atoms with E-state index >= 15 is 0 Å². The van der Waals surface area contributed by atoms with Gasteiger partial charge in [0.2, 0.25) is 5.91 Å². The Hall–Kier alpha value is -3.02. The molecule has 6 nitrogen and oxygen atoms in total. The number of fused-ring (bicyclic) bond motifs is 1. The van der Waals surface area contributed by atoms with Crippen molar-refractivity contribution in [2.24, 2.45) is 15.9 Å². The zero-order chi connectivity index (χ0) is 20.5. The van der Waals surface area contributed by atoms with Crippen molar-refractivity contribution >= 4 is 23.0 Å². The van der Waals surface area contributed by atoms with Crippen LogP contribution < -0.4 is 0 Å². The Balaban J connectivity index is 1.17. The average Bonchev–Trinajstić information content (AvgIpc) is 3.30. The predicted molar refractivity (Wildman–Crippen MR) is 115 cm³/mol. The van der Waals surface area contributed by atoms with Gasteiger partial charge in [-0.3, -0.25) is 14.5 Å². The fourth-order valence-electron chi connectivity index (χ4n) is 5.82. The second kappa shape index (κ2) is 6.00. The van der Waals surface area contributed by atoms with E-state index in [4.69, 9.17) is 0 Å². The Bertz CT molecular complexity index is 1170. The Morgan fingerprint density at radius 3 is 2.67 bits per heavy atom. The van der Waals surface area contributed by atoms with Gasteiger partial charge in [0.05, 0.1) is 22.8 Å². The van der Waals surface area contributed by atoms with E-state index < -0.39 is 0 Å². The first kappa shape index (κ1) is 17.8. The van der Waals surface area contributed by atoms with Gasteiger partial charge in [-0.25, -0.2) is 5.01 Å². The quantitative estimate of drug-likeness (QED) is 0.661. The van der Waals surface area contributed by atoms with Crippen molar-refractivity contribution in [1.29, 1.82) is 0 Å². The molecule has 3 saturated carbocycles. The van der Waals surface area contributed by atoms with Gasteiger partial charge in [-0.1, -0.05) is 17.7 Å². The number of carbonyl (C=O) groups is 1. The maximum Gasteiger partial charge on any atom is 0.249 e. The molecule has 7 rings (SSSR count).